The Morgan fingerprint density at radius 3 is 2.81 bits per heavy atom. The molecule has 1 aliphatic carbocycles. The van der Waals surface area contributed by atoms with Crippen LogP contribution >= 0.6 is 0 Å². The largest absolute Gasteiger partial charge is 0.356 e. The maximum atomic E-state index is 14.8. The summed E-state index contributed by atoms with van der Waals surface area (Å²) in [5.41, 5.74) is 1.17. The van der Waals surface area contributed by atoms with Crippen molar-refractivity contribution in [3.63, 3.8) is 0 Å². The molecule has 2 aliphatic rings. The second-order valence-electron chi connectivity index (χ2n) is 9.99. The minimum absolute atomic E-state index is 0.0379. The maximum Gasteiger partial charge on any atom is 0.255 e. The molecule has 194 valence electrons. The summed E-state index contributed by atoms with van der Waals surface area (Å²) in [7, 11) is 0. The number of nitrogens with zero attached hydrogens (tertiary/aromatic N) is 3. The molecule has 0 spiro atoms. The van der Waals surface area contributed by atoms with Crippen LogP contribution in [-0.2, 0) is 4.79 Å². The van der Waals surface area contributed by atoms with Crippen LogP contribution in [0.5, 0.6) is 0 Å². The minimum atomic E-state index is -0.540. The first-order valence-corrected chi connectivity index (χ1v) is 13.1. The van der Waals surface area contributed by atoms with E-state index in [4.69, 9.17) is 0 Å². The number of carbonyl (C=O) groups is 1. The zero-order chi connectivity index (χ0) is 25.6. The van der Waals surface area contributed by atoms with Gasteiger partial charge in [-0.25, -0.2) is 14.4 Å². The van der Waals surface area contributed by atoms with Crippen LogP contribution in [0.15, 0.2) is 59.7 Å². The fraction of sp³-hybridized carbons (Fsp3) is 0.429. The van der Waals surface area contributed by atoms with Crippen LogP contribution < -0.4 is 21.5 Å². The molecule has 1 amide bonds. The lowest BCUT2D eigenvalue weighted by atomic mass is 9.85. The van der Waals surface area contributed by atoms with E-state index < -0.39 is 5.82 Å². The van der Waals surface area contributed by atoms with Gasteiger partial charge in [-0.3, -0.25) is 14.2 Å². The van der Waals surface area contributed by atoms with Crippen molar-refractivity contribution in [3.8, 4) is 16.9 Å². The van der Waals surface area contributed by atoms with Crippen molar-refractivity contribution in [1.29, 1.82) is 0 Å². The Morgan fingerprint density at radius 2 is 1.97 bits per heavy atom. The van der Waals surface area contributed by atoms with Crippen molar-refractivity contribution in [1.82, 2.24) is 25.2 Å². The zero-order valence-electron chi connectivity index (χ0n) is 20.8. The third-order valence-electron chi connectivity index (χ3n) is 7.37. The monoisotopic (exact) mass is 504 g/mol. The van der Waals surface area contributed by atoms with Crippen molar-refractivity contribution in [3.05, 3.63) is 71.0 Å². The third kappa shape index (κ3) is 6.22. The molecule has 1 aromatic carbocycles. The van der Waals surface area contributed by atoms with Gasteiger partial charge in [-0.05, 0) is 69.3 Å². The summed E-state index contributed by atoms with van der Waals surface area (Å²) in [5, 5.41) is 9.85. The fourth-order valence-electron chi connectivity index (χ4n) is 5.30. The zero-order valence-corrected chi connectivity index (χ0v) is 20.8. The molecular weight excluding hydrogens is 471 g/mol. The van der Waals surface area contributed by atoms with Gasteiger partial charge in [0.05, 0.1) is 6.20 Å². The minimum Gasteiger partial charge on any atom is -0.356 e. The number of carbonyl (C=O) groups excluding carboxylic acids is 1. The van der Waals surface area contributed by atoms with E-state index in [1.165, 1.54) is 10.6 Å². The smallest absolute Gasteiger partial charge is 0.255 e. The molecule has 2 fully saturated rings. The topological polar surface area (TPSA) is 101 Å². The van der Waals surface area contributed by atoms with Crippen LogP contribution in [0.1, 0.15) is 38.5 Å². The lowest BCUT2D eigenvalue weighted by Gasteiger charge is -2.30. The highest BCUT2D eigenvalue weighted by Crippen LogP contribution is 2.28. The molecule has 9 heteroatoms. The van der Waals surface area contributed by atoms with Gasteiger partial charge in [0.25, 0.3) is 5.56 Å². The Hall–Kier alpha value is -3.59. The summed E-state index contributed by atoms with van der Waals surface area (Å²) in [5.74, 6) is 0.418. The predicted octanol–water partition coefficient (Wildman–Crippen LogP) is 3.52. The molecule has 5 rings (SSSR count). The van der Waals surface area contributed by atoms with E-state index in [0.29, 0.717) is 29.5 Å². The molecule has 8 nitrogen and oxygen atoms in total. The molecule has 1 saturated heterocycles. The Bertz CT molecular complexity index is 1290. The number of halogens is 1. The third-order valence-corrected chi connectivity index (χ3v) is 7.37. The Kier molecular flexibility index (Phi) is 7.89. The first-order valence-electron chi connectivity index (χ1n) is 13.1. The maximum absolute atomic E-state index is 14.8. The normalized spacial score (nSPS) is 20.4. The van der Waals surface area contributed by atoms with Gasteiger partial charge in [0.15, 0.2) is 5.82 Å². The summed E-state index contributed by atoms with van der Waals surface area (Å²) in [6, 6.07) is 12.0. The first-order chi connectivity index (χ1) is 18.1. The van der Waals surface area contributed by atoms with Gasteiger partial charge in [-0.2, -0.15) is 0 Å². The number of hydrogen-bond acceptors (Lipinski definition) is 6. The molecule has 3 N–H and O–H groups in total. The Balaban J connectivity index is 1.25. The van der Waals surface area contributed by atoms with Gasteiger partial charge < -0.3 is 16.0 Å². The molecule has 3 heterocycles. The van der Waals surface area contributed by atoms with Gasteiger partial charge in [0.2, 0.25) is 11.9 Å². The molecule has 0 radical (unpaired) electrons. The number of rotatable bonds is 7. The van der Waals surface area contributed by atoms with Gasteiger partial charge in [0, 0.05) is 42.0 Å². The van der Waals surface area contributed by atoms with Gasteiger partial charge in [-0.1, -0.05) is 24.6 Å². The highest BCUT2D eigenvalue weighted by atomic mass is 19.1. The van der Waals surface area contributed by atoms with Gasteiger partial charge >= 0.3 is 0 Å². The van der Waals surface area contributed by atoms with E-state index >= 15 is 0 Å². The number of piperidine rings is 1. The summed E-state index contributed by atoms with van der Waals surface area (Å²) in [4.78, 5) is 33.7. The molecule has 37 heavy (non-hydrogen) atoms. The van der Waals surface area contributed by atoms with Crippen molar-refractivity contribution < 1.29 is 9.18 Å². The first kappa shape index (κ1) is 25.1. The molecule has 2 atom stereocenters. The van der Waals surface area contributed by atoms with Crippen LogP contribution in [0.2, 0.25) is 0 Å². The van der Waals surface area contributed by atoms with E-state index in [1.54, 1.807) is 42.6 Å². The Morgan fingerprint density at radius 1 is 1.11 bits per heavy atom. The number of aromatic nitrogens is 3. The molecule has 3 aromatic rings. The van der Waals surface area contributed by atoms with Gasteiger partial charge in [0.1, 0.15) is 5.69 Å². The van der Waals surface area contributed by atoms with E-state index in [9.17, 15) is 14.0 Å². The number of amides is 1. The number of nitrogens with one attached hydrogen (secondary N) is 3. The van der Waals surface area contributed by atoms with Crippen molar-refractivity contribution in [2.24, 2.45) is 11.8 Å². The summed E-state index contributed by atoms with van der Waals surface area (Å²) in [6.07, 6.45) is 8.45. The second kappa shape index (κ2) is 11.6. The number of pyridine rings is 1. The van der Waals surface area contributed by atoms with Crippen LogP contribution in [0.25, 0.3) is 16.9 Å². The summed E-state index contributed by atoms with van der Waals surface area (Å²) < 4.78 is 16.3. The average molecular weight is 505 g/mol. The standard InChI is InChI=1S/C28H33FN6O2/c29-24-18-32-28(34-26(24)20-5-4-8-23(16-20)35-14-2-1-9-25(35)36)33-22-7-3-6-21(15-22)27(37)31-17-19-10-12-30-13-11-19/h1-2,4-5,8-9,14,16,18-19,21-22,30H,3,6-7,10-13,15,17H2,(H,31,37)(H,32,33,34)/t21-,22+/m0/s1. The van der Waals surface area contributed by atoms with Crippen molar-refractivity contribution in [2.75, 3.05) is 25.0 Å². The SMILES string of the molecule is O=C(NCC1CCNCC1)[C@H]1CCC[C@@H](Nc2ncc(F)c(-c3cccc(-n4ccccc4=O)c3)n2)C1. The fourth-order valence-corrected chi connectivity index (χ4v) is 5.30. The van der Waals surface area contributed by atoms with Crippen LogP contribution in [0, 0.1) is 17.7 Å². The predicted molar refractivity (Wildman–Crippen MR) is 141 cm³/mol. The Labute approximate surface area is 215 Å². The summed E-state index contributed by atoms with van der Waals surface area (Å²) >= 11 is 0. The average Bonchev–Trinajstić information content (AvgIpc) is 2.94. The quantitative estimate of drug-likeness (QED) is 0.455. The molecule has 0 unspecified atom stereocenters. The van der Waals surface area contributed by atoms with E-state index in [1.807, 2.05) is 0 Å². The highest BCUT2D eigenvalue weighted by molar-refractivity contribution is 5.78. The molecule has 1 aliphatic heterocycles. The van der Waals surface area contributed by atoms with E-state index in [-0.39, 0.29) is 29.1 Å². The number of hydrogen-bond donors (Lipinski definition) is 3. The highest BCUT2D eigenvalue weighted by Gasteiger charge is 2.28. The van der Waals surface area contributed by atoms with E-state index in [2.05, 4.69) is 25.9 Å². The molecule has 1 saturated carbocycles. The number of anilines is 1. The molecular formula is C28H33FN6O2. The molecule has 0 bridgehead atoms. The molecule has 2 aromatic heterocycles. The second-order valence-corrected chi connectivity index (χ2v) is 9.99. The van der Waals surface area contributed by atoms with Crippen LogP contribution in [0.4, 0.5) is 10.3 Å². The number of benzene rings is 1. The van der Waals surface area contributed by atoms with Crippen LogP contribution in [-0.4, -0.2) is 46.1 Å². The van der Waals surface area contributed by atoms with E-state index in [0.717, 1.165) is 57.9 Å². The van der Waals surface area contributed by atoms with Crippen LogP contribution in [0.3, 0.4) is 0 Å². The van der Waals surface area contributed by atoms with Crippen molar-refractivity contribution in [2.45, 2.75) is 44.6 Å². The lowest BCUT2D eigenvalue weighted by Crippen LogP contribution is -2.41. The lowest BCUT2D eigenvalue weighted by molar-refractivity contribution is -0.126. The van der Waals surface area contributed by atoms with Crippen molar-refractivity contribution >= 4 is 11.9 Å². The summed E-state index contributed by atoms with van der Waals surface area (Å²) in [6.45, 7) is 2.78. The van der Waals surface area contributed by atoms with Gasteiger partial charge in [-0.15, -0.1) is 0 Å².